The smallest absolute Gasteiger partial charge is 0.358 e. The molecule has 0 amide bonds. The Bertz CT molecular complexity index is 491. The van der Waals surface area contributed by atoms with Crippen molar-refractivity contribution in [2.75, 3.05) is 24.6 Å². The molecule has 0 radical (unpaired) electrons. The highest BCUT2D eigenvalue weighted by Crippen LogP contribution is 2.29. The molecule has 0 unspecified atom stereocenters. The van der Waals surface area contributed by atoms with Gasteiger partial charge in [-0.25, -0.2) is 9.78 Å². The predicted molar refractivity (Wildman–Crippen MR) is 78.8 cm³/mol. The Kier molecular flexibility index (Phi) is 5.11. The number of thiazole rings is 1. The van der Waals surface area contributed by atoms with Crippen molar-refractivity contribution >= 4 is 28.2 Å². The molecule has 110 valence electrons. The quantitative estimate of drug-likeness (QED) is 0.631. The maximum absolute atomic E-state index is 11.9. The second-order valence-electron chi connectivity index (χ2n) is 4.85. The number of hydrogen-bond donors (Lipinski definition) is 0. The summed E-state index contributed by atoms with van der Waals surface area (Å²) in [7, 11) is 0. The molecule has 2 heterocycles. The van der Waals surface area contributed by atoms with Gasteiger partial charge in [-0.1, -0.05) is 24.2 Å². The average Bonchev–Trinajstić information content (AvgIpc) is 2.69. The number of aromatic nitrogens is 1. The highest BCUT2D eigenvalue weighted by Gasteiger charge is 2.24. The molecule has 0 atom stereocenters. The highest BCUT2D eigenvalue weighted by molar-refractivity contribution is 7.17. The molecule has 0 saturated carbocycles. The number of hydrogen-bond acceptors (Lipinski definition) is 6. The van der Waals surface area contributed by atoms with Crippen LogP contribution in [0.25, 0.3) is 0 Å². The van der Waals surface area contributed by atoms with Gasteiger partial charge in [0.25, 0.3) is 0 Å². The van der Waals surface area contributed by atoms with E-state index in [9.17, 15) is 9.59 Å². The normalized spacial score (nSPS) is 15.8. The molecule has 1 fully saturated rings. The minimum absolute atomic E-state index is 0.133. The van der Waals surface area contributed by atoms with Crippen LogP contribution in [0, 0.1) is 0 Å². The zero-order chi connectivity index (χ0) is 14.5. The maximum atomic E-state index is 11.9. The van der Waals surface area contributed by atoms with Gasteiger partial charge in [0.1, 0.15) is 4.88 Å². The van der Waals surface area contributed by atoms with Crippen LogP contribution in [-0.4, -0.2) is 36.4 Å². The first-order valence-corrected chi connectivity index (χ1v) is 7.89. The van der Waals surface area contributed by atoms with Gasteiger partial charge in [-0.2, -0.15) is 0 Å². The number of esters is 1. The molecule has 0 aromatic carbocycles. The Balaban J connectivity index is 2.28. The van der Waals surface area contributed by atoms with E-state index in [1.54, 1.807) is 6.92 Å². The molecule has 0 bridgehead atoms. The molecule has 0 N–H and O–H groups in total. The Morgan fingerprint density at radius 1 is 1.25 bits per heavy atom. The van der Waals surface area contributed by atoms with Gasteiger partial charge in [0.2, 0.25) is 0 Å². The third kappa shape index (κ3) is 3.36. The van der Waals surface area contributed by atoms with E-state index in [4.69, 9.17) is 4.74 Å². The van der Waals surface area contributed by atoms with Gasteiger partial charge in [-0.3, -0.25) is 4.79 Å². The minimum Gasteiger partial charge on any atom is -0.461 e. The predicted octanol–water partition coefficient (Wildman–Crippen LogP) is 2.90. The molecule has 0 aliphatic carbocycles. The number of nitrogens with zero attached hydrogens (tertiary/aromatic N) is 2. The summed E-state index contributed by atoms with van der Waals surface area (Å²) < 4.78 is 4.98. The maximum Gasteiger partial charge on any atom is 0.358 e. The van der Waals surface area contributed by atoms with Crippen LogP contribution in [0.1, 0.15) is 59.7 Å². The lowest BCUT2D eigenvalue weighted by Crippen LogP contribution is -2.23. The summed E-state index contributed by atoms with van der Waals surface area (Å²) in [6.07, 6.45) is 4.71. The Morgan fingerprint density at radius 2 is 1.90 bits per heavy atom. The molecule has 1 saturated heterocycles. The van der Waals surface area contributed by atoms with Gasteiger partial charge in [-0.05, 0) is 19.8 Å². The monoisotopic (exact) mass is 296 g/mol. The van der Waals surface area contributed by atoms with E-state index in [0.717, 1.165) is 31.1 Å². The number of carbonyl (C=O) groups is 2. The van der Waals surface area contributed by atoms with E-state index < -0.39 is 5.97 Å². The minimum atomic E-state index is -0.505. The molecule has 1 aliphatic rings. The first kappa shape index (κ1) is 15.0. The van der Waals surface area contributed by atoms with Gasteiger partial charge in [0, 0.05) is 20.0 Å². The van der Waals surface area contributed by atoms with Gasteiger partial charge >= 0.3 is 5.97 Å². The summed E-state index contributed by atoms with van der Waals surface area (Å²) in [5.41, 5.74) is 0.170. The van der Waals surface area contributed by atoms with Gasteiger partial charge in [0.05, 0.1) is 6.61 Å². The number of rotatable bonds is 4. The fourth-order valence-corrected chi connectivity index (χ4v) is 3.28. The second-order valence-corrected chi connectivity index (χ2v) is 5.83. The Labute approximate surface area is 122 Å². The third-order valence-electron chi connectivity index (χ3n) is 3.28. The second kappa shape index (κ2) is 6.83. The molecule has 5 nitrogen and oxygen atoms in total. The highest BCUT2D eigenvalue weighted by atomic mass is 32.1. The molecule has 1 aliphatic heterocycles. The standard InChI is InChI=1S/C14H20N2O3S/c1-3-19-13(18)11-12(10(2)17)20-14(15-11)16-8-6-4-5-7-9-16/h3-9H2,1-2H3. The topological polar surface area (TPSA) is 59.5 Å². The van der Waals surface area contributed by atoms with Crippen molar-refractivity contribution in [3.8, 4) is 0 Å². The number of Topliss-reactive ketones (excluding diaryl/α,β-unsaturated/α-hetero) is 1. The molecule has 1 aromatic rings. The number of carbonyl (C=O) groups excluding carboxylic acids is 2. The molecule has 0 spiro atoms. The van der Waals surface area contributed by atoms with Crippen LogP contribution in [0.15, 0.2) is 0 Å². The van der Waals surface area contributed by atoms with E-state index in [2.05, 4.69) is 9.88 Å². The first-order chi connectivity index (χ1) is 9.63. The zero-order valence-corrected chi connectivity index (χ0v) is 12.8. The van der Waals surface area contributed by atoms with E-state index in [-0.39, 0.29) is 18.1 Å². The van der Waals surface area contributed by atoms with Crippen molar-refractivity contribution in [2.24, 2.45) is 0 Å². The van der Waals surface area contributed by atoms with E-state index in [1.807, 2.05) is 0 Å². The SMILES string of the molecule is CCOC(=O)c1nc(N2CCCCCC2)sc1C(C)=O. The number of anilines is 1. The number of ketones is 1. The first-order valence-electron chi connectivity index (χ1n) is 7.07. The van der Waals surface area contributed by atoms with Crippen molar-refractivity contribution in [3.05, 3.63) is 10.6 Å². The Morgan fingerprint density at radius 3 is 2.45 bits per heavy atom. The average molecular weight is 296 g/mol. The summed E-state index contributed by atoms with van der Waals surface area (Å²) in [4.78, 5) is 30.5. The van der Waals surface area contributed by atoms with Gasteiger partial charge < -0.3 is 9.64 Å². The van der Waals surface area contributed by atoms with Gasteiger partial charge in [0.15, 0.2) is 16.6 Å². The summed E-state index contributed by atoms with van der Waals surface area (Å²) in [6, 6.07) is 0. The lowest BCUT2D eigenvalue weighted by molar-refractivity contribution is 0.0517. The summed E-state index contributed by atoms with van der Waals surface area (Å²) in [5, 5.41) is 0.764. The fourth-order valence-electron chi connectivity index (χ4n) is 2.28. The van der Waals surface area contributed by atoms with Crippen LogP contribution in [-0.2, 0) is 4.74 Å². The van der Waals surface area contributed by atoms with Gasteiger partial charge in [-0.15, -0.1) is 0 Å². The summed E-state index contributed by atoms with van der Waals surface area (Å²) in [5.74, 6) is -0.637. The van der Waals surface area contributed by atoms with Crippen LogP contribution in [0.3, 0.4) is 0 Å². The molecule has 2 rings (SSSR count). The van der Waals surface area contributed by atoms with Crippen molar-refractivity contribution in [1.29, 1.82) is 0 Å². The van der Waals surface area contributed by atoms with Crippen LogP contribution < -0.4 is 4.90 Å². The summed E-state index contributed by atoms with van der Waals surface area (Å²) in [6.45, 7) is 5.36. The lowest BCUT2D eigenvalue weighted by Gasteiger charge is -2.18. The van der Waals surface area contributed by atoms with Crippen LogP contribution in [0.4, 0.5) is 5.13 Å². The van der Waals surface area contributed by atoms with E-state index in [0.29, 0.717) is 4.88 Å². The van der Waals surface area contributed by atoms with Crippen LogP contribution >= 0.6 is 11.3 Å². The number of ether oxygens (including phenoxy) is 1. The van der Waals surface area contributed by atoms with Crippen LogP contribution in [0.5, 0.6) is 0 Å². The van der Waals surface area contributed by atoms with Crippen molar-refractivity contribution < 1.29 is 14.3 Å². The fraction of sp³-hybridized carbons (Fsp3) is 0.643. The van der Waals surface area contributed by atoms with Crippen molar-refractivity contribution in [1.82, 2.24) is 4.98 Å². The van der Waals surface area contributed by atoms with E-state index >= 15 is 0 Å². The molecule has 1 aromatic heterocycles. The Hall–Kier alpha value is -1.43. The lowest BCUT2D eigenvalue weighted by atomic mass is 10.2. The van der Waals surface area contributed by atoms with Crippen molar-refractivity contribution in [2.45, 2.75) is 39.5 Å². The molecule has 20 heavy (non-hydrogen) atoms. The van der Waals surface area contributed by atoms with Crippen LogP contribution in [0.2, 0.25) is 0 Å². The molecular formula is C14H20N2O3S. The summed E-state index contributed by atoms with van der Waals surface area (Å²) >= 11 is 1.30. The van der Waals surface area contributed by atoms with E-state index in [1.165, 1.54) is 31.1 Å². The van der Waals surface area contributed by atoms with Crippen molar-refractivity contribution in [3.63, 3.8) is 0 Å². The largest absolute Gasteiger partial charge is 0.461 e. The zero-order valence-electron chi connectivity index (χ0n) is 12.0. The molecular weight excluding hydrogens is 276 g/mol. The molecule has 6 heteroatoms. The third-order valence-corrected chi connectivity index (χ3v) is 4.50.